The van der Waals surface area contributed by atoms with E-state index in [1.54, 1.807) is 16.8 Å². The van der Waals surface area contributed by atoms with Gasteiger partial charge in [-0.1, -0.05) is 0 Å². The first-order valence-corrected chi connectivity index (χ1v) is 15.7. The molecule has 0 radical (unpaired) electrons. The summed E-state index contributed by atoms with van der Waals surface area (Å²) in [4.78, 5) is 13.6. The van der Waals surface area contributed by atoms with Gasteiger partial charge in [-0.05, 0) is 0 Å². The fourth-order valence-electron chi connectivity index (χ4n) is 6.49. The Balaban J connectivity index is 1.36. The van der Waals surface area contributed by atoms with Crippen LogP contribution >= 0.6 is 55.1 Å². The van der Waals surface area contributed by atoms with Crippen LogP contribution in [0.5, 0.6) is 0 Å². The molecule has 1 aromatic heterocycles. The Morgan fingerprint density at radius 1 is 1.06 bits per heavy atom. The molecule has 4 bridgehead atoms. The average molecular weight is 679 g/mol. The first-order valence-electron chi connectivity index (χ1n) is 11.3. The van der Waals surface area contributed by atoms with Gasteiger partial charge in [0.2, 0.25) is 0 Å². The molecule has 9 heteroatoms. The molecule has 174 valence electrons. The summed E-state index contributed by atoms with van der Waals surface area (Å²) >= 11 is 19.5. The molecule has 4 nitrogen and oxygen atoms in total. The Morgan fingerprint density at radius 3 is 2.36 bits per heavy atom. The van der Waals surface area contributed by atoms with Crippen molar-refractivity contribution in [3.63, 3.8) is 0 Å². The van der Waals surface area contributed by atoms with E-state index in [-0.39, 0.29) is 11.9 Å². The third-order valence-corrected chi connectivity index (χ3v) is 12.5. The van der Waals surface area contributed by atoms with E-state index in [2.05, 4.69) is 49.3 Å². The number of amides is 1. The van der Waals surface area contributed by atoms with Crippen molar-refractivity contribution in [1.29, 1.82) is 0 Å². The molecule has 0 saturated heterocycles. The SMILES string of the molecule is O=C(NC1C2CC3CC(C2)CC1C3)c1nn(-c2ccc(Cl)cc2Cl)c(C2=CC=C(Br)[SeH2]2)c1Br. The zero-order valence-electron chi connectivity index (χ0n) is 17.6. The Bertz CT molecular complexity index is 1200. The maximum absolute atomic E-state index is 13.6. The summed E-state index contributed by atoms with van der Waals surface area (Å²) in [6.07, 6.45) is 10.6. The van der Waals surface area contributed by atoms with Gasteiger partial charge in [-0.3, -0.25) is 0 Å². The van der Waals surface area contributed by atoms with E-state index in [9.17, 15) is 4.79 Å². The van der Waals surface area contributed by atoms with Gasteiger partial charge in [0.15, 0.2) is 0 Å². The average Bonchev–Trinajstić information content (AvgIpc) is 3.33. The molecule has 5 aliphatic rings. The van der Waals surface area contributed by atoms with E-state index in [0.29, 0.717) is 33.3 Å². The Kier molecular flexibility index (Phi) is 6.12. The molecule has 0 unspecified atom stereocenters. The van der Waals surface area contributed by atoms with Gasteiger partial charge < -0.3 is 0 Å². The molecule has 4 fully saturated rings. The van der Waals surface area contributed by atoms with Crippen LogP contribution in [0.1, 0.15) is 48.3 Å². The van der Waals surface area contributed by atoms with Crippen LogP contribution in [-0.4, -0.2) is 36.7 Å². The van der Waals surface area contributed by atoms with Crippen molar-refractivity contribution in [3.8, 4) is 5.69 Å². The number of rotatable bonds is 4. The van der Waals surface area contributed by atoms with E-state index in [1.165, 1.54) is 40.0 Å². The molecule has 0 spiro atoms. The number of allylic oxidation sites excluding steroid dienone is 2. The molecule has 1 N–H and O–H groups in total. The first kappa shape index (κ1) is 22.9. The first-order chi connectivity index (χ1) is 15.9. The summed E-state index contributed by atoms with van der Waals surface area (Å²) < 4.78 is 4.91. The second-order valence-electron chi connectivity index (χ2n) is 9.67. The third kappa shape index (κ3) is 4.11. The number of carbonyl (C=O) groups excluding carboxylic acids is 1. The Hall–Kier alpha value is -0.561. The van der Waals surface area contributed by atoms with Crippen LogP contribution in [0.3, 0.4) is 0 Å². The molecule has 4 aliphatic carbocycles. The van der Waals surface area contributed by atoms with Crippen molar-refractivity contribution in [3.05, 3.63) is 59.6 Å². The van der Waals surface area contributed by atoms with Gasteiger partial charge in [0.25, 0.3) is 0 Å². The van der Waals surface area contributed by atoms with Crippen LogP contribution in [0, 0.1) is 23.7 Å². The predicted molar refractivity (Wildman–Crippen MR) is 143 cm³/mol. The normalized spacial score (nSPS) is 31.1. The molecule has 1 amide bonds. The molecule has 0 atom stereocenters. The zero-order valence-corrected chi connectivity index (χ0v) is 24.4. The van der Waals surface area contributed by atoms with Crippen molar-refractivity contribution in [2.75, 3.05) is 0 Å². The van der Waals surface area contributed by atoms with Crippen LogP contribution in [0.4, 0.5) is 0 Å². The van der Waals surface area contributed by atoms with E-state index in [1.807, 2.05) is 6.07 Å². The summed E-state index contributed by atoms with van der Waals surface area (Å²) in [7, 11) is 0. The fourth-order valence-corrected chi connectivity index (χ4v) is 11.2. The Morgan fingerprint density at radius 2 is 1.76 bits per heavy atom. The van der Waals surface area contributed by atoms with Gasteiger partial charge in [-0.15, -0.1) is 0 Å². The second kappa shape index (κ2) is 8.83. The molecule has 1 aromatic carbocycles. The summed E-state index contributed by atoms with van der Waals surface area (Å²) in [5.41, 5.74) is 2.02. The van der Waals surface area contributed by atoms with Crippen molar-refractivity contribution in [2.24, 2.45) is 23.7 Å². The predicted octanol–water partition coefficient (Wildman–Crippen LogP) is 6.26. The third-order valence-electron chi connectivity index (χ3n) is 7.61. The van der Waals surface area contributed by atoms with Crippen LogP contribution in [0.15, 0.2) is 38.2 Å². The van der Waals surface area contributed by atoms with Gasteiger partial charge in [0, 0.05) is 0 Å². The number of benzene rings is 1. The minimum atomic E-state index is -0.545. The summed E-state index contributed by atoms with van der Waals surface area (Å²) in [6.45, 7) is 0. The van der Waals surface area contributed by atoms with E-state index >= 15 is 0 Å². The van der Waals surface area contributed by atoms with E-state index in [0.717, 1.165) is 22.0 Å². The van der Waals surface area contributed by atoms with Crippen LogP contribution in [0.25, 0.3) is 10.2 Å². The standard InChI is InChI=1S/C24H23Br2Cl2N3OSe/c25-19-4-3-18(33-19)23-20(26)22(30-31(23)17-2-1-15(27)10-16(17)28)24(32)29-21-13-6-11-5-12(8-13)9-14(21)7-11/h1-4,10-14,21H,5-9,33H2,(H,29,32). The van der Waals surface area contributed by atoms with Crippen molar-refractivity contribution >= 4 is 80.4 Å². The van der Waals surface area contributed by atoms with Gasteiger partial charge in [-0.2, -0.15) is 0 Å². The maximum atomic E-state index is 13.6. The summed E-state index contributed by atoms with van der Waals surface area (Å²) in [6, 6.07) is 5.62. The number of nitrogens with one attached hydrogen (secondary N) is 1. The minimum absolute atomic E-state index is 0.102. The molecule has 4 saturated carbocycles. The van der Waals surface area contributed by atoms with Gasteiger partial charge in [0.1, 0.15) is 0 Å². The number of hydrogen-bond acceptors (Lipinski definition) is 2. The molecule has 1 aliphatic heterocycles. The molecule has 7 rings (SSSR count). The number of carbonyl (C=O) groups is 1. The molecule has 33 heavy (non-hydrogen) atoms. The van der Waals surface area contributed by atoms with Crippen LogP contribution in [0.2, 0.25) is 10.0 Å². The molecular weight excluding hydrogens is 656 g/mol. The molecule has 2 aromatic rings. The van der Waals surface area contributed by atoms with Gasteiger partial charge in [0.05, 0.1) is 0 Å². The Labute approximate surface area is 226 Å². The van der Waals surface area contributed by atoms with E-state index < -0.39 is 15.0 Å². The summed E-state index contributed by atoms with van der Waals surface area (Å²) in [5.74, 6) is 2.86. The summed E-state index contributed by atoms with van der Waals surface area (Å²) in [5, 5.41) is 9.26. The van der Waals surface area contributed by atoms with Crippen molar-refractivity contribution in [1.82, 2.24) is 15.1 Å². The van der Waals surface area contributed by atoms with Gasteiger partial charge >= 0.3 is 227 Å². The van der Waals surface area contributed by atoms with Crippen LogP contribution in [-0.2, 0) is 0 Å². The number of hydrogen-bond donors (Lipinski definition) is 1. The van der Waals surface area contributed by atoms with Gasteiger partial charge in [-0.25, -0.2) is 0 Å². The topological polar surface area (TPSA) is 46.9 Å². The number of aromatic nitrogens is 2. The van der Waals surface area contributed by atoms with E-state index in [4.69, 9.17) is 28.3 Å². The van der Waals surface area contributed by atoms with Crippen molar-refractivity contribution in [2.45, 2.75) is 38.1 Å². The quantitative estimate of drug-likeness (QED) is 0.389. The molecule has 2 heterocycles. The number of halogens is 4. The number of nitrogens with zero attached hydrogens (tertiary/aromatic N) is 2. The molecular formula is C24H23Br2Cl2N3OSe. The monoisotopic (exact) mass is 677 g/mol. The fraction of sp³-hybridized carbons (Fsp3) is 0.417. The zero-order chi connectivity index (χ0) is 22.9. The second-order valence-corrected chi connectivity index (χ2v) is 16.5. The van der Waals surface area contributed by atoms with Crippen LogP contribution < -0.4 is 5.32 Å². The van der Waals surface area contributed by atoms with Crippen molar-refractivity contribution < 1.29 is 4.79 Å².